The summed E-state index contributed by atoms with van der Waals surface area (Å²) in [4.78, 5) is 38.4. The molecule has 4 rings (SSSR count). The van der Waals surface area contributed by atoms with Crippen molar-refractivity contribution in [2.45, 2.75) is 37.1 Å². The Kier molecular flexibility index (Phi) is 7.42. The molecule has 0 saturated heterocycles. The average Bonchev–Trinajstić information content (AvgIpc) is 3.29. The van der Waals surface area contributed by atoms with Gasteiger partial charge in [0, 0.05) is 24.7 Å². The number of anilines is 1. The number of Topliss-reactive ketones (excluding diaryl/α,β-unsaturated/α-hetero) is 1. The summed E-state index contributed by atoms with van der Waals surface area (Å²) >= 11 is 7.27. The first kappa shape index (κ1) is 26.4. The van der Waals surface area contributed by atoms with Crippen LogP contribution in [0, 0.1) is 0 Å². The van der Waals surface area contributed by atoms with E-state index in [1.54, 1.807) is 19.1 Å². The number of hydrogen-bond donors (Lipinski definition) is 1. The van der Waals surface area contributed by atoms with Crippen molar-refractivity contribution in [1.82, 2.24) is 23.9 Å². The lowest BCUT2D eigenvalue weighted by Gasteiger charge is -2.18. The van der Waals surface area contributed by atoms with E-state index in [9.17, 15) is 14.4 Å². The number of halogens is 1. The molecule has 0 spiro atoms. The van der Waals surface area contributed by atoms with Crippen LogP contribution in [0.3, 0.4) is 0 Å². The van der Waals surface area contributed by atoms with Crippen LogP contribution in [0.1, 0.15) is 42.6 Å². The Morgan fingerprint density at radius 1 is 0.973 bits per heavy atom. The van der Waals surface area contributed by atoms with Gasteiger partial charge < -0.3 is 5.73 Å². The molecule has 0 aliphatic heterocycles. The Morgan fingerprint density at radius 3 is 2.27 bits per heavy atom. The summed E-state index contributed by atoms with van der Waals surface area (Å²) < 4.78 is 3.88. The number of carbonyl (C=O) groups excluding carboxylic acids is 1. The maximum absolute atomic E-state index is 13.4. The summed E-state index contributed by atoms with van der Waals surface area (Å²) in [7, 11) is 2.74. The van der Waals surface area contributed by atoms with Crippen LogP contribution in [0.5, 0.6) is 0 Å². The Balaban J connectivity index is 1.83. The van der Waals surface area contributed by atoms with Gasteiger partial charge in [-0.25, -0.2) is 4.79 Å². The fourth-order valence-electron chi connectivity index (χ4n) is 4.04. The van der Waals surface area contributed by atoms with Crippen molar-refractivity contribution in [1.29, 1.82) is 0 Å². The van der Waals surface area contributed by atoms with Crippen LogP contribution in [-0.4, -0.2) is 34.9 Å². The minimum absolute atomic E-state index is 0.168. The number of ketones is 1. The number of nitrogens with two attached hydrogens (primary N) is 1. The molecule has 0 bridgehead atoms. The molecule has 2 N–H and O–H groups in total. The van der Waals surface area contributed by atoms with Crippen LogP contribution in [-0.2, 0) is 14.1 Å². The second-order valence-corrected chi connectivity index (χ2v) is 10.7. The Labute approximate surface area is 222 Å². The molecule has 0 saturated carbocycles. The molecular formula is C26H27ClN6O3S. The number of rotatable bonds is 7. The second kappa shape index (κ2) is 10.4. The van der Waals surface area contributed by atoms with Gasteiger partial charge in [-0.05, 0) is 48.7 Å². The molecule has 0 amide bonds. The third kappa shape index (κ3) is 4.86. The van der Waals surface area contributed by atoms with E-state index in [1.165, 1.54) is 14.1 Å². The van der Waals surface area contributed by atoms with E-state index < -0.39 is 22.3 Å². The molecular weight excluding hydrogens is 512 g/mol. The maximum Gasteiger partial charge on any atom is 0.332 e. The first-order valence-electron chi connectivity index (χ1n) is 11.6. The molecule has 37 heavy (non-hydrogen) atoms. The summed E-state index contributed by atoms with van der Waals surface area (Å²) in [5.74, 6) is 0.129. The topological polar surface area (TPSA) is 118 Å². The van der Waals surface area contributed by atoms with Gasteiger partial charge in [-0.15, -0.1) is 10.2 Å². The summed E-state index contributed by atoms with van der Waals surface area (Å²) in [6.45, 7) is 5.87. The van der Waals surface area contributed by atoms with E-state index in [4.69, 9.17) is 17.3 Å². The number of para-hydroxylation sites is 1. The number of aromatic nitrogens is 5. The van der Waals surface area contributed by atoms with Gasteiger partial charge >= 0.3 is 5.69 Å². The molecule has 2 aromatic heterocycles. The number of nitrogen functional groups attached to an aromatic ring is 1. The maximum atomic E-state index is 13.4. The lowest BCUT2D eigenvalue weighted by molar-refractivity contribution is 0.0992. The zero-order valence-corrected chi connectivity index (χ0v) is 22.7. The molecule has 11 heteroatoms. The van der Waals surface area contributed by atoms with Crippen LogP contribution in [0.15, 0.2) is 63.3 Å². The lowest BCUT2D eigenvalue weighted by atomic mass is 10.0. The standard InChI is InChI=1S/C26H27ClN6O3S/c1-14(2)18-8-6-7-9-19(18)33-23(16-10-12-17(27)13-11-16)29-30-25(33)37-15(3)21(34)20-22(28)31(4)26(36)32(5)24(20)35/h6-15H,28H2,1-5H3. The highest BCUT2D eigenvalue weighted by molar-refractivity contribution is 8.00. The molecule has 1 atom stereocenters. The minimum atomic E-state index is -0.750. The van der Waals surface area contributed by atoms with Crippen LogP contribution in [0.4, 0.5) is 5.82 Å². The highest BCUT2D eigenvalue weighted by atomic mass is 35.5. The normalized spacial score (nSPS) is 12.2. The molecule has 0 aliphatic carbocycles. The van der Waals surface area contributed by atoms with Gasteiger partial charge in [0.25, 0.3) is 5.56 Å². The average molecular weight is 539 g/mol. The molecule has 4 aromatic rings. The van der Waals surface area contributed by atoms with Crippen molar-refractivity contribution >= 4 is 35.0 Å². The van der Waals surface area contributed by atoms with E-state index in [-0.39, 0.29) is 17.3 Å². The first-order chi connectivity index (χ1) is 17.5. The number of nitrogens with zero attached hydrogens (tertiary/aromatic N) is 5. The number of carbonyl (C=O) groups is 1. The van der Waals surface area contributed by atoms with Gasteiger partial charge in [0.1, 0.15) is 11.4 Å². The zero-order valence-electron chi connectivity index (χ0n) is 21.1. The van der Waals surface area contributed by atoms with E-state index in [0.717, 1.165) is 37.7 Å². The Morgan fingerprint density at radius 2 is 1.62 bits per heavy atom. The van der Waals surface area contributed by atoms with Crippen LogP contribution < -0.4 is 17.0 Å². The first-order valence-corrected chi connectivity index (χ1v) is 12.9. The third-order valence-corrected chi connectivity index (χ3v) is 7.44. The van der Waals surface area contributed by atoms with Gasteiger partial charge in [0.2, 0.25) is 0 Å². The summed E-state index contributed by atoms with van der Waals surface area (Å²) in [6, 6.07) is 15.2. The molecule has 0 fully saturated rings. The van der Waals surface area contributed by atoms with Gasteiger partial charge in [-0.1, -0.05) is 55.4 Å². The van der Waals surface area contributed by atoms with Crippen molar-refractivity contribution < 1.29 is 4.79 Å². The quantitative estimate of drug-likeness (QED) is 0.278. The summed E-state index contributed by atoms with van der Waals surface area (Å²) in [6.07, 6.45) is 0. The molecule has 2 heterocycles. The lowest BCUT2D eigenvalue weighted by Crippen LogP contribution is -2.42. The van der Waals surface area contributed by atoms with E-state index in [1.807, 2.05) is 41.0 Å². The molecule has 0 aliphatic rings. The molecule has 192 valence electrons. The van der Waals surface area contributed by atoms with E-state index >= 15 is 0 Å². The van der Waals surface area contributed by atoms with Gasteiger partial charge in [0.15, 0.2) is 16.8 Å². The fourth-order valence-corrected chi connectivity index (χ4v) is 5.08. The highest BCUT2D eigenvalue weighted by Gasteiger charge is 2.28. The predicted octanol–water partition coefficient (Wildman–Crippen LogP) is 4.05. The second-order valence-electron chi connectivity index (χ2n) is 8.95. The number of hydrogen-bond acceptors (Lipinski definition) is 7. The van der Waals surface area contributed by atoms with E-state index in [0.29, 0.717) is 16.0 Å². The summed E-state index contributed by atoms with van der Waals surface area (Å²) in [5.41, 5.74) is 7.23. The Hall–Kier alpha value is -3.63. The molecule has 0 radical (unpaired) electrons. The molecule has 1 unspecified atom stereocenters. The number of thioether (sulfide) groups is 1. The van der Waals surface area contributed by atoms with Crippen molar-refractivity contribution in [3.8, 4) is 17.1 Å². The largest absolute Gasteiger partial charge is 0.384 e. The molecule has 9 nitrogen and oxygen atoms in total. The monoisotopic (exact) mass is 538 g/mol. The van der Waals surface area contributed by atoms with Crippen LogP contribution in [0.2, 0.25) is 5.02 Å². The summed E-state index contributed by atoms with van der Waals surface area (Å²) in [5, 5.41) is 9.20. The van der Waals surface area contributed by atoms with E-state index in [2.05, 4.69) is 24.0 Å². The number of benzene rings is 2. The van der Waals surface area contributed by atoms with Crippen molar-refractivity contribution in [3.05, 3.63) is 85.5 Å². The third-order valence-electron chi connectivity index (χ3n) is 6.14. The molecule has 2 aromatic carbocycles. The van der Waals surface area contributed by atoms with Crippen LogP contribution in [0.25, 0.3) is 17.1 Å². The van der Waals surface area contributed by atoms with Crippen molar-refractivity contribution in [2.75, 3.05) is 5.73 Å². The van der Waals surface area contributed by atoms with Crippen LogP contribution >= 0.6 is 23.4 Å². The zero-order chi connectivity index (χ0) is 27.0. The van der Waals surface area contributed by atoms with Crippen molar-refractivity contribution in [2.24, 2.45) is 14.1 Å². The Bertz CT molecular complexity index is 1600. The fraction of sp³-hybridized carbons (Fsp3) is 0.269. The van der Waals surface area contributed by atoms with Crippen molar-refractivity contribution in [3.63, 3.8) is 0 Å². The predicted molar refractivity (Wildman–Crippen MR) is 147 cm³/mol. The SMILES string of the molecule is CC(Sc1nnc(-c2ccc(Cl)cc2)n1-c1ccccc1C(C)C)C(=O)c1c(N)n(C)c(=O)n(C)c1=O. The van der Waals surface area contributed by atoms with Gasteiger partial charge in [-0.3, -0.25) is 23.3 Å². The highest BCUT2D eigenvalue weighted by Crippen LogP contribution is 2.34. The van der Waals surface area contributed by atoms with Gasteiger partial charge in [0.05, 0.1) is 10.9 Å². The van der Waals surface area contributed by atoms with Gasteiger partial charge in [-0.2, -0.15) is 0 Å². The minimum Gasteiger partial charge on any atom is -0.384 e. The smallest absolute Gasteiger partial charge is 0.332 e.